The molecule has 11 heteroatoms. The molecule has 3 aromatic rings. The molecule has 1 aromatic heterocycles. The van der Waals surface area contributed by atoms with E-state index in [9.17, 15) is 13.2 Å². The van der Waals surface area contributed by atoms with E-state index in [0.29, 0.717) is 48.7 Å². The number of nitrogens with zero attached hydrogens (tertiary/aromatic N) is 3. The molecule has 0 unspecified atom stereocenters. The minimum Gasteiger partial charge on any atom is -0.497 e. The van der Waals surface area contributed by atoms with E-state index in [-0.39, 0.29) is 11.2 Å². The Hall–Kier alpha value is -3.50. The molecule has 0 spiro atoms. The lowest BCUT2D eigenvalue weighted by molar-refractivity contribution is 0.0240. The summed E-state index contributed by atoms with van der Waals surface area (Å²) in [5.41, 5.74) is 4.04. The van der Waals surface area contributed by atoms with E-state index in [1.165, 1.54) is 7.11 Å². The fraction of sp³-hybridized carbons (Fsp3) is 0.357. The molecule has 4 rings (SSSR count). The van der Waals surface area contributed by atoms with Gasteiger partial charge in [0.05, 0.1) is 19.1 Å². The minimum atomic E-state index is -3.47. The third-order valence-electron chi connectivity index (χ3n) is 6.09. The van der Waals surface area contributed by atoms with E-state index >= 15 is 0 Å². The normalized spacial score (nSPS) is 14.2. The first-order valence-corrected chi connectivity index (χ1v) is 14.7. The summed E-state index contributed by atoms with van der Waals surface area (Å²) in [5, 5.41) is 0.289. The van der Waals surface area contributed by atoms with Gasteiger partial charge < -0.3 is 19.3 Å². The smallest absolute Gasteiger partial charge is 0.410 e. The molecule has 1 aliphatic heterocycles. The molecule has 1 fully saturated rings. The first-order valence-electron chi connectivity index (χ1n) is 12.5. The van der Waals surface area contributed by atoms with Gasteiger partial charge >= 0.3 is 6.09 Å². The van der Waals surface area contributed by atoms with E-state index < -0.39 is 15.6 Å². The molecule has 2 heterocycles. The number of sulfonamides is 1. The Labute approximate surface area is 234 Å². The number of piperazine rings is 1. The molecule has 1 amide bonds. The topological polar surface area (TPSA) is 101 Å². The second-order valence-electron chi connectivity index (χ2n) is 10.4. The predicted octanol–water partition coefficient (Wildman–Crippen LogP) is 5.51. The monoisotopic (exact) mass is 572 g/mol. The van der Waals surface area contributed by atoms with Crippen molar-refractivity contribution in [2.45, 2.75) is 26.4 Å². The number of nitrogens with one attached hydrogen (secondary N) is 1. The van der Waals surface area contributed by atoms with Crippen molar-refractivity contribution < 1.29 is 22.7 Å². The highest BCUT2D eigenvalue weighted by atomic mass is 35.5. The zero-order valence-electron chi connectivity index (χ0n) is 22.7. The molecule has 0 atom stereocenters. The molecule has 39 heavy (non-hydrogen) atoms. The molecule has 1 aliphatic rings. The molecule has 208 valence electrons. The summed E-state index contributed by atoms with van der Waals surface area (Å²) in [6.45, 7) is 8.22. The Morgan fingerprint density at radius 3 is 2.23 bits per heavy atom. The van der Waals surface area contributed by atoms with Gasteiger partial charge in [-0.25, -0.2) is 18.2 Å². The van der Waals surface area contributed by atoms with Crippen molar-refractivity contribution in [3.63, 3.8) is 0 Å². The van der Waals surface area contributed by atoms with E-state index in [2.05, 4.69) is 14.6 Å². The highest BCUT2D eigenvalue weighted by Gasteiger charge is 2.26. The number of halogens is 1. The van der Waals surface area contributed by atoms with Gasteiger partial charge in [-0.1, -0.05) is 23.7 Å². The van der Waals surface area contributed by atoms with Crippen LogP contribution < -0.4 is 14.4 Å². The van der Waals surface area contributed by atoms with Gasteiger partial charge in [0.15, 0.2) is 0 Å². The number of benzene rings is 2. The second kappa shape index (κ2) is 11.3. The van der Waals surface area contributed by atoms with Gasteiger partial charge in [0.1, 0.15) is 16.5 Å². The van der Waals surface area contributed by atoms with Crippen molar-refractivity contribution in [3.05, 3.63) is 59.9 Å². The van der Waals surface area contributed by atoms with Crippen LogP contribution in [0.1, 0.15) is 20.8 Å². The van der Waals surface area contributed by atoms with Crippen LogP contribution in [0.2, 0.25) is 5.15 Å². The Kier molecular flexibility index (Phi) is 8.27. The summed E-state index contributed by atoms with van der Waals surface area (Å²) >= 11 is 6.46. The maximum atomic E-state index is 12.4. The van der Waals surface area contributed by atoms with Gasteiger partial charge in [-0.2, -0.15) is 0 Å². The van der Waals surface area contributed by atoms with Crippen LogP contribution in [-0.4, -0.2) is 69.5 Å². The fourth-order valence-electron chi connectivity index (χ4n) is 4.29. The van der Waals surface area contributed by atoms with Crippen LogP contribution in [0.5, 0.6) is 5.75 Å². The lowest BCUT2D eigenvalue weighted by atomic mass is 10.0. The van der Waals surface area contributed by atoms with Crippen LogP contribution in [0.15, 0.2) is 54.7 Å². The van der Waals surface area contributed by atoms with E-state index in [4.69, 9.17) is 21.1 Å². The van der Waals surface area contributed by atoms with Crippen molar-refractivity contribution in [1.82, 2.24) is 9.88 Å². The summed E-state index contributed by atoms with van der Waals surface area (Å²) in [5.74, 6) is 0.483. The maximum Gasteiger partial charge on any atom is 0.410 e. The van der Waals surface area contributed by atoms with Crippen molar-refractivity contribution in [3.8, 4) is 28.0 Å². The van der Waals surface area contributed by atoms with Crippen LogP contribution >= 0.6 is 11.6 Å². The lowest BCUT2D eigenvalue weighted by Crippen LogP contribution is -2.50. The summed E-state index contributed by atoms with van der Waals surface area (Å²) in [7, 11) is -1.96. The Morgan fingerprint density at radius 1 is 0.974 bits per heavy atom. The van der Waals surface area contributed by atoms with Crippen LogP contribution in [0.25, 0.3) is 22.3 Å². The van der Waals surface area contributed by atoms with E-state index in [1.54, 1.807) is 29.3 Å². The number of rotatable bonds is 6. The highest BCUT2D eigenvalue weighted by Crippen LogP contribution is 2.35. The van der Waals surface area contributed by atoms with Crippen molar-refractivity contribution >= 4 is 39.1 Å². The number of ether oxygens (including phenoxy) is 2. The summed E-state index contributed by atoms with van der Waals surface area (Å²) in [6.07, 6.45) is 2.51. The quantitative estimate of drug-likeness (QED) is 0.389. The standard InChI is InChI=1S/C28H33ClN4O5S/c1-28(2,3)38-27(34)33-12-10-32(11-13-33)23-8-6-19(7-9-23)21-16-25(26(29)30-18-21)20-14-22(31-39(5,35)36)17-24(15-20)37-4/h6-9,14-18,31H,10-13H2,1-5H3. The first-order chi connectivity index (χ1) is 18.3. The second-order valence-corrected chi connectivity index (χ2v) is 12.5. The SMILES string of the molecule is COc1cc(NS(C)(=O)=O)cc(-c2cc(-c3ccc(N4CCN(C(=O)OC(C)(C)C)CC4)cc3)cnc2Cl)c1. The number of hydrogen-bond donors (Lipinski definition) is 1. The molecule has 1 N–H and O–H groups in total. The zero-order valence-corrected chi connectivity index (χ0v) is 24.3. The number of hydrogen-bond acceptors (Lipinski definition) is 7. The zero-order chi connectivity index (χ0) is 28.4. The van der Waals surface area contributed by atoms with Gasteiger partial charge in [0.25, 0.3) is 0 Å². The number of pyridine rings is 1. The van der Waals surface area contributed by atoms with E-state index in [1.807, 2.05) is 51.1 Å². The third-order valence-corrected chi connectivity index (χ3v) is 7.00. The molecular formula is C28H33ClN4O5S. The van der Waals surface area contributed by atoms with Crippen LogP contribution in [0.3, 0.4) is 0 Å². The van der Waals surface area contributed by atoms with Crippen LogP contribution in [0.4, 0.5) is 16.2 Å². The van der Waals surface area contributed by atoms with Crippen LogP contribution in [-0.2, 0) is 14.8 Å². The highest BCUT2D eigenvalue weighted by molar-refractivity contribution is 7.92. The number of methoxy groups -OCH3 is 1. The Bertz CT molecular complexity index is 1450. The summed E-state index contributed by atoms with van der Waals surface area (Å²) < 4.78 is 36.9. The lowest BCUT2D eigenvalue weighted by Gasteiger charge is -2.36. The summed E-state index contributed by atoms with van der Waals surface area (Å²) in [4.78, 5) is 20.7. The Balaban J connectivity index is 1.52. The van der Waals surface area contributed by atoms with Gasteiger partial charge in [0, 0.05) is 55.3 Å². The average molecular weight is 573 g/mol. The van der Waals surface area contributed by atoms with Gasteiger partial charge in [-0.15, -0.1) is 0 Å². The minimum absolute atomic E-state index is 0.279. The molecular weight excluding hydrogens is 540 g/mol. The van der Waals surface area contributed by atoms with Crippen LogP contribution in [0, 0.1) is 0 Å². The molecule has 2 aromatic carbocycles. The Morgan fingerprint density at radius 2 is 1.64 bits per heavy atom. The average Bonchev–Trinajstić information content (AvgIpc) is 2.87. The van der Waals surface area contributed by atoms with Crippen molar-refractivity contribution in [2.24, 2.45) is 0 Å². The van der Waals surface area contributed by atoms with Crippen molar-refractivity contribution in [2.75, 3.05) is 49.2 Å². The molecule has 0 saturated carbocycles. The predicted molar refractivity (Wildman–Crippen MR) is 155 cm³/mol. The van der Waals surface area contributed by atoms with E-state index in [0.717, 1.165) is 23.1 Å². The molecule has 0 radical (unpaired) electrons. The molecule has 0 bridgehead atoms. The third kappa shape index (κ3) is 7.54. The number of carbonyl (C=O) groups excluding carboxylic acids is 1. The maximum absolute atomic E-state index is 12.4. The molecule has 1 saturated heterocycles. The molecule has 0 aliphatic carbocycles. The number of amides is 1. The van der Waals surface area contributed by atoms with Gasteiger partial charge in [-0.05, 0) is 62.2 Å². The molecule has 9 nitrogen and oxygen atoms in total. The van der Waals surface area contributed by atoms with Gasteiger partial charge in [-0.3, -0.25) is 4.72 Å². The fourth-order valence-corrected chi connectivity index (χ4v) is 5.05. The number of aromatic nitrogens is 1. The van der Waals surface area contributed by atoms with Crippen molar-refractivity contribution in [1.29, 1.82) is 0 Å². The van der Waals surface area contributed by atoms with Gasteiger partial charge in [0.2, 0.25) is 10.0 Å². The largest absolute Gasteiger partial charge is 0.497 e. The number of carbonyl (C=O) groups is 1. The number of anilines is 2. The first kappa shape index (κ1) is 28.5. The summed E-state index contributed by atoms with van der Waals surface area (Å²) in [6, 6.07) is 15.1.